The quantitative estimate of drug-likeness (QED) is 0.544. The van der Waals surface area contributed by atoms with Crippen molar-refractivity contribution in [2.45, 2.75) is 32.2 Å². The third kappa shape index (κ3) is 4.51. The number of oxazole rings is 1. The number of nitrogens with zero attached hydrogens (tertiary/aromatic N) is 3. The Hall–Kier alpha value is -2.81. The van der Waals surface area contributed by atoms with Crippen LogP contribution < -0.4 is 5.32 Å². The lowest BCUT2D eigenvalue weighted by Crippen LogP contribution is -2.37. The van der Waals surface area contributed by atoms with Gasteiger partial charge in [0.15, 0.2) is 0 Å². The minimum atomic E-state index is 0.168. The summed E-state index contributed by atoms with van der Waals surface area (Å²) >= 11 is 6.10. The predicted molar refractivity (Wildman–Crippen MR) is 119 cm³/mol. The van der Waals surface area contributed by atoms with Gasteiger partial charge >= 0.3 is 0 Å². The van der Waals surface area contributed by atoms with Gasteiger partial charge in [-0.05, 0) is 62.2 Å². The van der Waals surface area contributed by atoms with Crippen molar-refractivity contribution >= 4 is 17.5 Å². The summed E-state index contributed by atoms with van der Waals surface area (Å²) in [5.74, 6) is 0.889. The van der Waals surface area contributed by atoms with E-state index in [1.165, 1.54) is 24.8 Å². The molecule has 0 radical (unpaired) electrons. The highest BCUT2D eigenvalue weighted by Gasteiger charge is 2.24. The first-order valence-corrected chi connectivity index (χ1v) is 10.7. The van der Waals surface area contributed by atoms with Crippen molar-refractivity contribution in [1.82, 2.24) is 9.88 Å². The molecule has 154 valence electrons. The third-order valence-electron chi connectivity index (χ3n) is 5.65. The molecule has 3 aromatic rings. The zero-order valence-corrected chi connectivity index (χ0v) is 17.8. The number of nitriles is 1. The smallest absolute Gasteiger partial charge is 0.232 e. The summed E-state index contributed by atoms with van der Waals surface area (Å²) < 4.78 is 5.98. The Morgan fingerprint density at radius 2 is 1.87 bits per heavy atom. The first-order valence-electron chi connectivity index (χ1n) is 10.4. The van der Waals surface area contributed by atoms with Crippen LogP contribution in [-0.2, 0) is 0 Å². The molecule has 2 aromatic carbocycles. The molecular formula is C24H25ClN4O. The van der Waals surface area contributed by atoms with Gasteiger partial charge in [-0.15, -0.1) is 0 Å². The van der Waals surface area contributed by atoms with Crippen LogP contribution in [0.2, 0.25) is 5.02 Å². The number of hydrogen-bond donors (Lipinski definition) is 1. The van der Waals surface area contributed by atoms with E-state index in [2.05, 4.69) is 33.4 Å². The maximum Gasteiger partial charge on any atom is 0.232 e. The standard InChI is InChI=1S/C24H25ClN4O/c1-17-7-3-4-8-20(17)23-28-21(15-26)24(30-23)27-16-22(29-13-5-2-6-14-29)18-9-11-19(25)12-10-18/h3-4,7-12,22,27H,2,5-6,13-14,16H2,1H3. The molecule has 0 amide bonds. The molecule has 6 heteroatoms. The molecule has 1 atom stereocenters. The summed E-state index contributed by atoms with van der Waals surface area (Å²) in [6.45, 7) is 4.75. The molecule has 5 nitrogen and oxygen atoms in total. The van der Waals surface area contributed by atoms with E-state index < -0.39 is 0 Å². The SMILES string of the molecule is Cc1ccccc1-c1nc(C#N)c(NCC(c2ccc(Cl)cc2)N2CCCCC2)o1. The van der Waals surface area contributed by atoms with Crippen molar-refractivity contribution < 1.29 is 4.42 Å². The fourth-order valence-electron chi connectivity index (χ4n) is 4.01. The summed E-state index contributed by atoms with van der Waals surface area (Å²) in [4.78, 5) is 6.90. The molecule has 1 aromatic heterocycles. The van der Waals surface area contributed by atoms with Crippen LogP contribution >= 0.6 is 11.6 Å². The minimum absolute atomic E-state index is 0.168. The van der Waals surface area contributed by atoms with Gasteiger partial charge in [-0.3, -0.25) is 4.90 Å². The molecule has 0 saturated carbocycles. The van der Waals surface area contributed by atoms with Crippen LogP contribution in [0.5, 0.6) is 0 Å². The number of piperidine rings is 1. The second-order valence-corrected chi connectivity index (χ2v) is 8.10. The maximum absolute atomic E-state index is 9.57. The number of hydrogen-bond acceptors (Lipinski definition) is 5. The number of rotatable bonds is 6. The molecule has 4 rings (SSSR count). The van der Waals surface area contributed by atoms with Crippen molar-refractivity contribution in [1.29, 1.82) is 5.26 Å². The lowest BCUT2D eigenvalue weighted by molar-refractivity contribution is 0.170. The molecule has 0 aliphatic carbocycles. The van der Waals surface area contributed by atoms with Gasteiger partial charge in [0.25, 0.3) is 0 Å². The number of halogens is 1. The van der Waals surface area contributed by atoms with E-state index in [-0.39, 0.29) is 11.7 Å². The van der Waals surface area contributed by atoms with Crippen molar-refractivity contribution in [2.75, 3.05) is 25.0 Å². The molecule has 1 aliphatic rings. The van der Waals surface area contributed by atoms with Crippen LogP contribution in [0.1, 0.15) is 42.1 Å². The third-order valence-corrected chi connectivity index (χ3v) is 5.90. The second-order valence-electron chi connectivity index (χ2n) is 7.67. The monoisotopic (exact) mass is 420 g/mol. The van der Waals surface area contributed by atoms with Gasteiger partial charge in [0.1, 0.15) is 6.07 Å². The van der Waals surface area contributed by atoms with Gasteiger partial charge in [-0.25, -0.2) is 0 Å². The zero-order chi connectivity index (χ0) is 20.9. The van der Waals surface area contributed by atoms with Crippen molar-refractivity contribution in [3.63, 3.8) is 0 Å². The van der Waals surface area contributed by atoms with Crippen molar-refractivity contribution in [2.24, 2.45) is 0 Å². The van der Waals surface area contributed by atoms with E-state index in [1.54, 1.807) is 0 Å². The average Bonchev–Trinajstić information content (AvgIpc) is 3.19. The van der Waals surface area contributed by atoms with Gasteiger partial charge in [0.05, 0.1) is 6.04 Å². The summed E-state index contributed by atoms with van der Waals surface area (Å²) in [5, 5.41) is 13.7. The topological polar surface area (TPSA) is 65.1 Å². The Morgan fingerprint density at radius 1 is 1.13 bits per heavy atom. The number of anilines is 1. The molecule has 0 spiro atoms. The van der Waals surface area contributed by atoms with Crippen LogP contribution in [-0.4, -0.2) is 29.5 Å². The number of aryl methyl sites for hydroxylation is 1. The minimum Gasteiger partial charge on any atom is -0.419 e. The van der Waals surface area contributed by atoms with Crippen LogP contribution in [0.4, 0.5) is 5.88 Å². The first-order chi connectivity index (χ1) is 14.7. The predicted octanol–water partition coefficient (Wildman–Crippen LogP) is 5.81. The van der Waals surface area contributed by atoms with Crippen LogP contribution in [0, 0.1) is 18.3 Å². The molecule has 1 N–H and O–H groups in total. The van der Waals surface area contributed by atoms with Crippen molar-refractivity contribution in [3.8, 4) is 17.5 Å². The largest absolute Gasteiger partial charge is 0.419 e. The van der Waals surface area contributed by atoms with E-state index >= 15 is 0 Å². The number of nitrogens with one attached hydrogen (secondary N) is 1. The lowest BCUT2D eigenvalue weighted by Gasteiger charge is -2.35. The molecule has 1 unspecified atom stereocenters. The molecule has 2 heterocycles. The van der Waals surface area contributed by atoms with Crippen LogP contribution in [0.3, 0.4) is 0 Å². The van der Waals surface area contributed by atoms with Gasteiger partial charge < -0.3 is 9.73 Å². The highest BCUT2D eigenvalue weighted by molar-refractivity contribution is 6.30. The fraction of sp³-hybridized carbons (Fsp3) is 0.333. The summed E-state index contributed by atoms with van der Waals surface area (Å²) in [7, 11) is 0. The van der Waals surface area contributed by atoms with Gasteiger partial charge in [-0.1, -0.05) is 48.4 Å². The Morgan fingerprint density at radius 3 is 2.57 bits per heavy atom. The normalized spacial score (nSPS) is 15.5. The summed E-state index contributed by atoms with van der Waals surface area (Å²) in [6, 6.07) is 18.2. The molecular weight excluding hydrogens is 396 g/mol. The van der Waals surface area contributed by atoms with Crippen molar-refractivity contribution in [3.05, 3.63) is 70.4 Å². The Bertz CT molecular complexity index is 1030. The van der Waals surface area contributed by atoms with E-state index in [1.807, 2.05) is 43.3 Å². The number of aromatic nitrogens is 1. The number of benzene rings is 2. The van der Waals surface area contributed by atoms with E-state index in [0.29, 0.717) is 18.3 Å². The van der Waals surface area contributed by atoms with E-state index in [0.717, 1.165) is 29.2 Å². The Labute approximate surface area is 182 Å². The van der Waals surface area contributed by atoms with Gasteiger partial charge in [0, 0.05) is 17.1 Å². The summed E-state index contributed by atoms with van der Waals surface area (Å²) in [5.41, 5.74) is 3.43. The fourth-order valence-corrected chi connectivity index (χ4v) is 4.13. The maximum atomic E-state index is 9.57. The highest BCUT2D eigenvalue weighted by atomic mass is 35.5. The van der Waals surface area contributed by atoms with Gasteiger partial charge in [-0.2, -0.15) is 10.2 Å². The first kappa shape index (κ1) is 20.5. The van der Waals surface area contributed by atoms with E-state index in [9.17, 15) is 5.26 Å². The highest BCUT2D eigenvalue weighted by Crippen LogP contribution is 2.30. The number of likely N-dealkylation sites (tertiary alicyclic amines) is 1. The summed E-state index contributed by atoms with van der Waals surface area (Å²) in [6.07, 6.45) is 3.68. The molecule has 0 bridgehead atoms. The van der Waals surface area contributed by atoms with E-state index in [4.69, 9.17) is 16.0 Å². The van der Waals surface area contributed by atoms with Crippen LogP contribution in [0.15, 0.2) is 52.9 Å². The molecule has 1 fully saturated rings. The lowest BCUT2D eigenvalue weighted by atomic mass is 10.0. The Kier molecular flexibility index (Phi) is 6.37. The average molecular weight is 421 g/mol. The Balaban J connectivity index is 1.58. The van der Waals surface area contributed by atoms with Gasteiger partial charge in [0.2, 0.25) is 17.5 Å². The van der Waals surface area contributed by atoms with Crippen LogP contribution in [0.25, 0.3) is 11.5 Å². The molecule has 1 aliphatic heterocycles. The molecule has 1 saturated heterocycles. The molecule has 30 heavy (non-hydrogen) atoms. The zero-order valence-electron chi connectivity index (χ0n) is 17.1. The second kappa shape index (κ2) is 9.34.